The predicted molar refractivity (Wildman–Crippen MR) is 120 cm³/mol. The second kappa shape index (κ2) is 10.5. The third-order valence-electron chi connectivity index (χ3n) is 5.31. The van der Waals surface area contributed by atoms with E-state index < -0.39 is 11.9 Å². The summed E-state index contributed by atoms with van der Waals surface area (Å²) in [6, 6.07) is 16.2. The van der Waals surface area contributed by atoms with E-state index in [1.807, 2.05) is 42.5 Å². The lowest BCUT2D eigenvalue weighted by atomic mass is 10.2. The molecule has 2 aromatic heterocycles. The minimum Gasteiger partial charge on any atom is -0.487 e. The van der Waals surface area contributed by atoms with Gasteiger partial charge in [-0.25, -0.2) is 9.97 Å². The zero-order chi connectivity index (χ0) is 23.0. The second-order valence-electron chi connectivity index (χ2n) is 7.54. The molecule has 3 heterocycles. The van der Waals surface area contributed by atoms with Crippen LogP contribution < -0.4 is 15.0 Å². The number of rotatable bonds is 7. The van der Waals surface area contributed by atoms with Crippen LogP contribution in [0.15, 0.2) is 67.0 Å². The Morgan fingerprint density at radius 2 is 1.79 bits per heavy atom. The quantitative estimate of drug-likeness (QED) is 0.558. The third kappa shape index (κ3) is 6.03. The van der Waals surface area contributed by atoms with Crippen molar-refractivity contribution in [3.8, 4) is 5.75 Å². The maximum atomic E-state index is 13.1. The number of carbonyl (C=O) groups excluding carboxylic acids is 2. The van der Waals surface area contributed by atoms with Crippen LogP contribution in [0.2, 0.25) is 0 Å². The number of piperazine rings is 1. The number of nitrogens with one attached hydrogen (secondary N) is 1. The zero-order valence-corrected chi connectivity index (χ0v) is 18.0. The number of anilines is 1. The number of ether oxygens (including phenoxy) is 1. The number of aromatic nitrogens is 2. The first kappa shape index (κ1) is 22.2. The van der Waals surface area contributed by atoms with Crippen molar-refractivity contribution in [2.45, 2.75) is 6.61 Å². The second-order valence-corrected chi connectivity index (χ2v) is 7.54. The lowest BCUT2D eigenvalue weighted by Gasteiger charge is -2.35. The van der Waals surface area contributed by atoms with Gasteiger partial charge in [0.05, 0.1) is 12.7 Å². The van der Waals surface area contributed by atoms with Gasteiger partial charge in [0, 0.05) is 44.0 Å². The van der Waals surface area contributed by atoms with Gasteiger partial charge in [0.2, 0.25) is 11.9 Å². The molecule has 0 unspecified atom stereocenters. The van der Waals surface area contributed by atoms with Crippen LogP contribution in [0.5, 0.6) is 5.75 Å². The molecule has 1 aromatic carbocycles. The van der Waals surface area contributed by atoms with Gasteiger partial charge in [-0.3, -0.25) is 9.59 Å². The van der Waals surface area contributed by atoms with E-state index in [4.69, 9.17) is 4.74 Å². The minimum atomic E-state index is -0.741. The van der Waals surface area contributed by atoms with Crippen LogP contribution in [0, 0.1) is 5.95 Å². The summed E-state index contributed by atoms with van der Waals surface area (Å²) in [6.45, 7) is 2.64. The standard InChI is InChI=1S/C24H24FN5O3/c25-21-14-19(8-9-26-21)24(32)28-16-23(31)30-12-10-29(11-13-30)22-7-6-20(15-27-22)33-17-18-4-2-1-3-5-18/h1-9,14-15H,10-13,16-17H2,(H,28,32)/i25-1. The number of amides is 2. The summed E-state index contributed by atoms with van der Waals surface area (Å²) in [6.07, 6.45) is 2.91. The van der Waals surface area contributed by atoms with Crippen molar-refractivity contribution in [1.29, 1.82) is 0 Å². The number of benzene rings is 1. The first-order valence-electron chi connectivity index (χ1n) is 10.6. The van der Waals surface area contributed by atoms with Crippen molar-refractivity contribution in [3.63, 3.8) is 0 Å². The van der Waals surface area contributed by atoms with Gasteiger partial charge in [0.25, 0.3) is 5.91 Å². The Morgan fingerprint density at radius 1 is 1.00 bits per heavy atom. The molecule has 4 rings (SSSR count). The van der Waals surface area contributed by atoms with Crippen molar-refractivity contribution in [1.82, 2.24) is 20.2 Å². The Morgan fingerprint density at radius 3 is 2.48 bits per heavy atom. The van der Waals surface area contributed by atoms with Crippen LogP contribution >= 0.6 is 0 Å². The normalized spacial score (nSPS) is 13.5. The van der Waals surface area contributed by atoms with E-state index in [1.165, 1.54) is 12.3 Å². The minimum absolute atomic E-state index is 0.127. The molecule has 0 radical (unpaired) electrons. The average Bonchev–Trinajstić information content (AvgIpc) is 2.87. The molecule has 1 fully saturated rings. The van der Waals surface area contributed by atoms with E-state index in [1.54, 1.807) is 11.1 Å². The van der Waals surface area contributed by atoms with Crippen molar-refractivity contribution < 1.29 is 18.7 Å². The molecule has 3 aromatic rings. The van der Waals surface area contributed by atoms with E-state index in [9.17, 15) is 14.0 Å². The van der Waals surface area contributed by atoms with Crippen LogP contribution in [0.25, 0.3) is 0 Å². The van der Waals surface area contributed by atoms with Crippen LogP contribution in [-0.2, 0) is 11.4 Å². The fourth-order valence-corrected chi connectivity index (χ4v) is 3.48. The summed E-state index contributed by atoms with van der Waals surface area (Å²) in [5, 5.41) is 2.53. The van der Waals surface area contributed by atoms with Crippen molar-refractivity contribution in [2.75, 3.05) is 37.6 Å². The van der Waals surface area contributed by atoms with Gasteiger partial charge >= 0.3 is 0 Å². The fourth-order valence-electron chi connectivity index (χ4n) is 3.48. The molecule has 170 valence electrons. The van der Waals surface area contributed by atoms with E-state index in [2.05, 4.69) is 20.2 Å². The number of halogens is 1. The molecule has 1 saturated heterocycles. The van der Waals surface area contributed by atoms with Crippen molar-refractivity contribution in [3.05, 3.63) is 84.1 Å². The summed E-state index contributed by atoms with van der Waals surface area (Å²) in [5.41, 5.74) is 1.22. The molecular formula is C24H24FN5O3. The smallest absolute Gasteiger partial charge is 0.251 e. The first-order valence-corrected chi connectivity index (χ1v) is 10.6. The van der Waals surface area contributed by atoms with Crippen molar-refractivity contribution in [2.24, 2.45) is 0 Å². The molecule has 8 nitrogen and oxygen atoms in total. The monoisotopic (exact) mass is 448 g/mol. The SMILES string of the molecule is O=C(NCC(=O)N1CCN(c2ccc(OCc3ccccc3)cn2)CC1)c1ccnc([18F])c1. The molecule has 0 aliphatic carbocycles. The molecule has 2 amide bonds. The molecule has 9 heteroatoms. The summed E-state index contributed by atoms with van der Waals surface area (Å²) in [5.74, 6) is 0.0788. The van der Waals surface area contributed by atoms with Gasteiger partial charge in [-0.05, 0) is 23.8 Å². The van der Waals surface area contributed by atoms with Crippen LogP contribution in [0.3, 0.4) is 0 Å². The van der Waals surface area contributed by atoms with Gasteiger partial charge in [0.15, 0.2) is 0 Å². The number of pyridine rings is 2. The topological polar surface area (TPSA) is 87.7 Å². The Labute approximate surface area is 191 Å². The summed E-state index contributed by atoms with van der Waals surface area (Å²) < 4.78 is 18.9. The highest BCUT2D eigenvalue weighted by atomic mass is 18.2. The van der Waals surface area contributed by atoms with E-state index in [-0.39, 0.29) is 18.0 Å². The lowest BCUT2D eigenvalue weighted by molar-refractivity contribution is -0.130. The molecule has 0 saturated carbocycles. The summed E-state index contributed by atoms with van der Waals surface area (Å²) >= 11 is 0. The Hall–Kier alpha value is -4.01. The molecule has 0 atom stereocenters. The van der Waals surface area contributed by atoms with Gasteiger partial charge in [-0.1, -0.05) is 30.3 Å². The number of hydrogen-bond acceptors (Lipinski definition) is 6. The number of carbonyl (C=O) groups is 2. The highest BCUT2D eigenvalue weighted by molar-refractivity contribution is 5.96. The van der Waals surface area contributed by atoms with Gasteiger partial charge in [-0.15, -0.1) is 0 Å². The molecule has 33 heavy (non-hydrogen) atoms. The molecule has 1 aliphatic rings. The summed E-state index contributed by atoms with van der Waals surface area (Å²) in [4.78, 5) is 36.2. The Kier molecular flexibility index (Phi) is 7.09. The predicted octanol–water partition coefficient (Wildman–Crippen LogP) is 2.27. The maximum absolute atomic E-state index is 13.1. The number of hydrogen-bond donors (Lipinski definition) is 1. The fraction of sp³-hybridized carbons (Fsp3) is 0.250. The summed E-state index contributed by atoms with van der Waals surface area (Å²) in [7, 11) is 0. The number of nitrogens with zero attached hydrogens (tertiary/aromatic N) is 4. The maximum Gasteiger partial charge on any atom is 0.251 e. The van der Waals surface area contributed by atoms with Crippen LogP contribution in [0.1, 0.15) is 15.9 Å². The third-order valence-corrected chi connectivity index (χ3v) is 5.31. The van der Waals surface area contributed by atoms with E-state index in [0.29, 0.717) is 38.5 Å². The van der Waals surface area contributed by atoms with Gasteiger partial charge < -0.3 is 19.9 Å². The van der Waals surface area contributed by atoms with E-state index in [0.717, 1.165) is 17.4 Å². The van der Waals surface area contributed by atoms with Gasteiger partial charge in [-0.2, -0.15) is 4.39 Å². The average molecular weight is 448 g/mol. The molecule has 0 spiro atoms. The van der Waals surface area contributed by atoms with Crippen LogP contribution in [0.4, 0.5) is 10.2 Å². The molecule has 1 aliphatic heterocycles. The molecule has 1 N–H and O–H groups in total. The van der Waals surface area contributed by atoms with E-state index >= 15 is 0 Å². The Balaban J connectivity index is 1.22. The zero-order valence-electron chi connectivity index (χ0n) is 18.0. The van der Waals surface area contributed by atoms with Gasteiger partial charge in [0.1, 0.15) is 18.2 Å². The lowest BCUT2D eigenvalue weighted by Crippen LogP contribution is -2.51. The van der Waals surface area contributed by atoms with Crippen LogP contribution in [-0.4, -0.2) is 59.4 Å². The Bertz CT molecular complexity index is 1090. The highest BCUT2D eigenvalue weighted by Crippen LogP contribution is 2.18. The van der Waals surface area contributed by atoms with Crippen molar-refractivity contribution >= 4 is 17.6 Å². The largest absolute Gasteiger partial charge is 0.487 e. The first-order chi connectivity index (χ1) is 16.1. The molecule has 0 bridgehead atoms. The highest BCUT2D eigenvalue weighted by Gasteiger charge is 2.22. The molecular weight excluding hydrogens is 424 g/mol.